The molecule has 0 radical (unpaired) electrons. The number of hydrogen-bond donors (Lipinski definition) is 1. The topological polar surface area (TPSA) is 29.3 Å². The SMILES string of the molecule is C#CCN1CC[C@@H](N)C1. The van der Waals surface area contributed by atoms with E-state index in [1.54, 1.807) is 0 Å². The van der Waals surface area contributed by atoms with E-state index in [-0.39, 0.29) is 0 Å². The highest BCUT2D eigenvalue weighted by Gasteiger charge is 2.16. The first-order valence-electron chi connectivity index (χ1n) is 3.24. The third kappa shape index (κ3) is 1.70. The van der Waals surface area contributed by atoms with Crippen molar-refractivity contribution >= 4 is 0 Å². The predicted molar refractivity (Wildman–Crippen MR) is 37.9 cm³/mol. The highest BCUT2D eigenvalue weighted by molar-refractivity contribution is 4.91. The van der Waals surface area contributed by atoms with Gasteiger partial charge in [0.05, 0.1) is 6.54 Å². The molecule has 1 saturated heterocycles. The molecule has 50 valence electrons. The normalized spacial score (nSPS) is 28.2. The van der Waals surface area contributed by atoms with E-state index in [1.165, 1.54) is 0 Å². The molecule has 0 amide bonds. The monoisotopic (exact) mass is 124 g/mol. The van der Waals surface area contributed by atoms with E-state index in [0.717, 1.165) is 26.1 Å². The molecule has 0 saturated carbocycles. The molecule has 0 unspecified atom stereocenters. The van der Waals surface area contributed by atoms with E-state index in [9.17, 15) is 0 Å². The molecule has 0 bridgehead atoms. The third-order valence-corrected chi connectivity index (χ3v) is 1.62. The van der Waals surface area contributed by atoms with Crippen LogP contribution >= 0.6 is 0 Å². The van der Waals surface area contributed by atoms with Gasteiger partial charge in [0.2, 0.25) is 0 Å². The lowest BCUT2D eigenvalue weighted by Gasteiger charge is -2.09. The average Bonchev–Trinajstić information content (AvgIpc) is 2.17. The van der Waals surface area contributed by atoms with Crippen molar-refractivity contribution in [2.45, 2.75) is 12.5 Å². The molecule has 0 spiro atoms. The lowest BCUT2D eigenvalue weighted by Crippen LogP contribution is -2.26. The van der Waals surface area contributed by atoms with Gasteiger partial charge < -0.3 is 5.73 Å². The fraction of sp³-hybridized carbons (Fsp3) is 0.714. The zero-order valence-electron chi connectivity index (χ0n) is 5.51. The molecule has 1 atom stereocenters. The highest BCUT2D eigenvalue weighted by Crippen LogP contribution is 2.04. The van der Waals surface area contributed by atoms with Gasteiger partial charge in [-0.15, -0.1) is 6.42 Å². The van der Waals surface area contributed by atoms with Crippen molar-refractivity contribution in [2.75, 3.05) is 19.6 Å². The van der Waals surface area contributed by atoms with E-state index in [1.807, 2.05) is 0 Å². The van der Waals surface area contributed by atoms with Crippen LogP contribution in [-0.4, -0.2) is 30.6 Å². The summed E-state index contributed by atoms with van der Waals surface area (Å²) in [5.74, 6) is 2.60. The van der Waals surface area contributed by atoms with Crippen LogP contribution in [0.2, 0.25) is 0 Å². The lowest BCUT2D eigenvalue weighted by molar-refractivity contribution is 0.377. The molecule has 1 heterocycles. The van der Waals surface area contributed by atoms with E-state index < -0.39 is 0 Å². The van der Waals surface area contributed by atoms with E-state index in [2.05, 4.69) is 10.8 Å². The summed E-state index contributed by atoms with van der Waals surface area (Å²) in [6.07, 6.45) is 6.22. The van der Waals surface area contributed by atoms with Gasteiger partial charge in [0.25, 0.3) is 0 Å². The molecule has 2 N–H and O–H groups in total. The standard InChI is InChI=1S/C7H12N2/c1-2-4-9-5-3-7(8)6-9/h1,7H,3-6,8H2/t7-/m1/s1. The van der Waals surface area contributed by atoms with Gasteiger partial charge in [-0.05, 0) is 6.42 Å². The zero-order chi connectivity index (χ0) is 6.69. The van der Waals surface area contributed by atoms with Gasteiger partial charge in [0.15, 0.2) is 0 Å². The van der Waals surface area contributed by atoms with Gasteiger partial charge in [-0.3, -0.25) is 4.90 Å². The third-order valence-electron chi connectivity index (χ3n) is 1.62. The maximum atomic E-state index is 5.65. The average molecular weight is 124 g/mol. The molecular formula is C7H12N2. The first-order chi connectivity index (χ1) is 4.33. The first kappa shape index (κ1) is 6.60. The number of terminal acetylenes is 1. The van der Waals surface area contributed by atoms with Gasteiger partial charge >= 0.3 is 0 Å². The van der Waals surface area contributed by atoms with Crippen molar-refractivity contribution in [2.24, 2.45) is 5.73 Å². The first-order valence-corrected chi connectivity index (χ1v) is 3.24. The second-order valence-corrected chi connectivity index (χ2v) is 2.49. The molecule has 1 aliphatic heterocycles. The Labute approximate surface area is 56.0 Å². The smallest absolute Gasteiger partial charge is 0.0599 e. The van der Waals surface area contributed by atoms with Gasteiger partial charge in [-0.2, -0.15) is 0 Å². The number of likely N-dealkylation sites (tertiary alicyclic amines) is 1. The maximum Gasteiger partial charge on any atom is 0.0599 e. The lowest BCUT2D eigenvalue weighted by atomic mass is 10.3. The van der Waals surface area contributed by atoms with Gasteiger partial charge in [0.1, 0.15) is 0 Å². The van der Waals surface area contributed by atoms with Gasteiger partial charge in [-0.1, -0.05) is 5.92 Å². The molecule has 1 aliphatic rings. The summed E-state index contributed by atoms with van der Waals surface area (Å²) in [6.45, 7) is 2.81. The fourth-order valence-electron chi connectivity index (χ4n) is 1.14. The number of nitrogens with two attached hydrogens (primary N) is 1. The Balaban J connectivity index is 2.24. The van der Waals surface area contributed by atoms with Crippen molar-refractivity contribution in [3.8, 4) is 12.3 Å². The summed E-state index contributed by atoms with van der Waals surface area (Å²) in [5.41, 5.74) is 5.65. The minimum Gasteiger partial charge on any atom is -0.326 e. The van der Waals surface area contributed by atoms with Crippen LogP contribution in [0.4, 0.5) is 0 Å². The minimum absolute atomic E-state index is 0.360. The molecule has 0 aliphatic carbocycles. The Bertz CT molecular complexity index is 125. The molecule has 9 heavy (non-hydrogen) atoms. The predicted octanol–water partition coefficient (Wildman–Crippen LogP) is -0.347. The summed E-state index contributed by atoms with van der Waals surface area (Å²) >= 11 is 0. The molecule has 0 aromatic rings. The Hall–Kier alpha value is -0.520. The van der Waals surface area contributed by atoms with Crippen molar-refractivity contribution in [3.63, 3.8) is 0 Å². The molecule has 0 aromatic carbocycles. The molecule has 1 rings (SSSR count). The second-order valence-electron chi connectivity index (χ2n) is 2.49. The van der Waals surface area contributed by atoms with Crippen LogP contribution in [-0.2, 0) is 0 Å². The summed E-state index contributed by atoms with van der Waals surface area (Å²) in [7, 11) is 0. The summed E-state index contributed by atoms with van der Waals surface area (Å²) in [6, 6.07) is 0.360. The maximum absolute atomic E-state index is 5.65. The minimum atomic E-state index is 0.360. The van der Waals surface area contributed by atoms with Crippen LogP contribution in [0.5, 0.6) is 0 Å². The highest BCUT2D eigenvalue weighted by atomic mass is 15.2. The Morgan fingerprint density at radius 1 is 1.78 bits per heavy atom. The van der Waals surface area contributed by atoms with Crippen molar-refractivity contribution in [3.05, 3.63) is 0 Å². The van der Waals surface area contributed by atoms with Crippen molar-refractivity contribution in [1.29, 1.82) is 0 Å². The van der Waals surface area contributed by atoms with E-state index >= 15 is 0 Å². The number of rotatable bonds is 1. The van der Waals surface area contributed by atoms with Crippen LogP contribution in [0.25, 0.3) is 0 Å². The Morgan fingerprint density at radius 2 is 2.56 bits per heavy atom. The molecule has 2 heteroatoms. The Morgan fingerprint density at radius 3 is 3.00 bits per heavy atom. The van der Waals surface area contributed by atoms with Crippen LogP contribution in [0.15, 0.2) is 0 Å². The quantitative estimate of drug-likeness (QED) is 0.484. The van der Waals surface area contributed by atoms with Gasteiger partial charge in [-0.25, -0.2) is 0 Å². The zero-order valence-corrected chi connectivity index (χ0v) is 5.51. The molecule has 0 aromatic heterocycles. The van der Waals surface area contributed by atoms with E-state index in [0.29, 0.717) is 6.04 Å². The van der Waals surface area contributed by atoms with E-state index in [4.69, 9.17) is 12.2 Å². The van der Waals surface area contributed by atoms with Crippen molar-refractivity contribution in [1.82, 2.24) is 4.90 Å². The van der Waals surface area contributed by atoms with Crippen molar-refractivity contribution < 1.29 is 0 Å². The van der Waals surface area contributed by atoms with Crippen LogP contribution < -0.4 is 5.73 Å². The molecular weight excluding hydrogens is 112 g/mol. The summed E-state index contributed by atoms with van der Waals surface area (Å²) in [4.78, 5) is 2.20. The van der Waals surface area contributed by atoms with Crippen LogP contribution in [0.1, 0.15) is 6.42 Å². The van der Waals surface area contributed by atoms with Crippen LogP contribution in [0.3, 0.4) is 0 Å². The number of hydrogen-bond acceptors (Lipinski definition) is 2. The largest absolute Gasteiger partial charge is 0.326 e. The summed E-state index contributed by atoms with van der Waals surface area (Å²) in [5, 5.41) is 0. The number of nitrogens with zero attached hydrogens (tertiary/aromatic N) is 1. The molecule has 1 fully saturated rings. The van der Waals surface area contributed by atoms with Crippen LogP contribution in [0, 0.1) is 12.3 Å². The Kier molecular flexibility index (Phi) is 2.10. The fourth-order valence-corrected chi connectivity index (χ4v) is 1.14. The summed E-state index contributed by atoms with van der Waals surface area (Å²) < 4.78 is 0. The molecule has 2 nitrogen and oxygen atoms in total. The van der Waals surface area contributed by atoms with Gasteiger partial charge in [0, 0.05) is 19.1 Å². The second kappa shape index (κ2) is 2.86.